The molecule has 2 rings (SSSR count). The van der Waals surface area contributed by atoms with Crippen LogP contribution < -0.4 is 5.73 Å². The van der Waals surface area contributed by atoms with E-state index in [1.165, 1.54) is 18.5 Å². The third-order valence-electron chi connectivity index (χ3n) is 3.99. The fourth-order valence-electron chi connectivity index (χ4n) is 2.87. The minimum absolute atomic E-state index is 0.487. The molecule has 1 aromatic carbocycles. The van der Waals surface area contributed by atoms with Crippen LogP contribution in [-0.4, -0.2) is 49.6 Å². The second-order valence-electron chi connectivity index (χ2n) is 5.40. The predicted octanol–water partition coefficient (Wildman–Crippen LogP) is 1.71. The van der Waals surface area contributed by atoms with Crippen LogP contribution in [0.15, 0.2) is 30.3 Å². The van der Waals surface area contributed by atoms with Crippen LogP contribution in [0, 0.1) is 0 Å². The molecule has 0 radical (unpaired) electrons. The normalized spacial score (nSPS) is 22.6. The first-order valence-corrected chi connectivity index (χ1v) is 6.88. The number of likely N-dealkylation sites (N-methyl/N-ethyl adjacent to an activating group) is 1. The Bertz CT molecular complexity index is 350. The second kappa shape index (κ2) is 6.32. The van der Waals surface area contributed by atoms with Gasteiger partial charge in [-0.05, 0) is 39.0 Å². The monoisotopic (exact) mass is 247 g/mol. The summed E-state index contributed by atoms with van der Waals surface area (Å²) in [6, 6.07) is 12.0. The zero-order valence-corrected chi connectivity index (χ0v) is 11.5. The van der Waals surface area contributed by atoms with Gasteiger partial charge in [0.25, 0.3) is 0 Å². The van der Waals surface area contributed by atoms with Gasteiger partial charge in [0.1, 0.15) is 0 Å². The van der Waals surface area contributed by atoms with Gasteiger partial charge in [0.15, 0.2) is 0 Å². The molecule has 0 aromatic heterocycles. The van der Waals surface area contributed by atoms with E-state index in [9.17, 15) is 0 Å². The van der Waals surface area contributed by atoms with Gasteiger partial charge < -0.3 is 10.6 Å². The molecular weight excluding hydrogens is 222 g/mol. The summed E-state index contributed by atoms with van der Waals surface area (Å²) in [5.41, 5.74) is 7.20. The maximum Gasteiger partial charge on any atom is 0.0360 e. The van der Waals surface area contributed by atoms with E-state index in [2.05, 4.69) is 54.2 Å². The summed E-state index contributed by atoms with van der Waals surface area (Å²) in [7, 11) is 4.35. The fraction of sp³-hybridized carbons (Fsp3) is 0.600. The fourth-order valence-corrected chi connectivity index (χ4v) is 2.87. The molecule has 0 amide bonds. The third kappa shape index (κ3) is 3.10. The Morgan fingerprint density at radius 2 is 2.06 bits per heavy atom. The van der Waals surface area contributed by atoms with Gasteiger partial charge in [0.2, 0.25) is 0 Å². The van der Waals surface area contributed by atoms with Crippen molar-refractivity contribution in [3.63, 3.8) is 0 Å². The Kier molecular flexibility index (Phi) is 4.75. The molecule has 0 spiro atoms. The highest BCUT2D eigenvalue weighted by Gasteiger charge is 2.29. The molecule has 0 aliphatic carbocycles. The predicted molar refractivity (Wildman–Crippen MR) is 76.5 cm³/mol. The van der Waals surface area contributed by atoms with E-state index in [4.69, 9.17) is 5.73 Å². The van der Waals surface area contributed by atoms with Crippen molar-refractivity contribution in [2.45, 2.75) is 24.9 Å². The molecule has 0 bridgehead atoms. The van der Waals surface area contributed by atoms with Crippen molar-refractivity contribution in [2.75, 3.05) is 33.7 Å². The van der Waals surface area contributed by atoms with E-state index in [0.29, 0.717) is 12.1 Å². The molecule has 1 aliphatic rings. The van der Waals surface area contributed by atoms with Crippen LogP contribution in [0.5, 0.6) is 0 Å². The Balaban J connectivity index is 2.07. The highest BCUT2D eigenvalue weighted by atomic mass is 15.2. The molecule has 100 valence electrons. The number of hydrogen-bond donors (Lipinski definition) is 1. The maximum absolute atomic E-state index is 5.79. The summed E-state index contributed by atoms with van der Waals surface area (Å²) >= 11 is 0. The van der Waals surface area contributed by atoms with Gasteiger partial charge in [-0.15, -0.1) is 0 Å². The summed E-state index contributed by atoms with van der Waals surface area (Å²) in [5.74, 6) is 0. The van der Waals surface area contributed by atoms with E-state index in [1.54, 1.807) is 0 Å². The van der Waals surface area contributed by atoms with E-state index in [1.807, 2.05) is 0 Å². The average Bonchev–Trinajstić information content (AvgIpc) is 2.86. The van der Waals surface area contributed by atoms with Crippen LogP contribution in [0.1, 0.15) is 24.4 Å². The van der Waals surface area contributed by atoms with Gasteiger partial charge in [-0.3, -0.25) is 4.90 Å². The molecule has 1 aliphatic heterocycles. The summed E-state index contributed by atoms with van der Waals surface area (Å²) in [5, 5.41) is 0. The largest absolute Gasteiger partial charge is 0.330 e. The van der Waals surface area contributed by atoms with Crippen molar-refractivity contribution in [2.24, 2.45) is 5.73 Å². The minimum Gasteiger partial charge on any atom is -0.330 e. The van der Waals surface area contributed by atoms with Gasteiger partial charge in [0.05, 0.1) is 0 Å². The maximum atomic E-state index is 5.79. The van der Waals surface area contributed by atoms with E-state index >= 15 is 0 Å². The lowest BCUT2D eigenvalue weighted by atomic mass is 10.0. The number of benzene rings is 1. The Hall–Kier alpha value is -0.900. The second-order valence-corrected chi connectivity index (χ2v) is 5.40. The average molecular weight is 247 g/mol. The number of nitrogens with zero attached hydrogens (tertiary/aromatic N) is 2. The summed E-state index contributed by atoms with van der Waals surface area (Å²) in [6.07, 6.45) is 2.31. The van der Waals surface area contributed by atoms with E-state index in [0.717, 1.165) is 19.5 Å². The molecule has 1 fully saturated rings. The zero-order chi connectivity index (χ0) is 13.0. The molecule has 3 nitrogen and oxygen atoms in total. The molecule has 3 heteroatoms. The van der Waals surface area contributed by atoms with Gasteiger partial charge in [-0.2, -0.15) is 0 Å². The van der Waals surface area contributed by atoms with Crippen LogP contribution in [0.4, 0.5) is 0 Å². The lowest BCUT2D eigenvalue weighted by Gasteiger charge is -2.29. The zero-order valence-electron chi connectivity index (χ0n) is 11.5. The van der Waals surface area contributed by atoms with Crippen LogP contribution in [0.25, 0.3) is 0 Å². The van der Waals surface area contributed by atoms with Crippen LogP contribution in [-0.2, 0) is 0 Å². The van der Waals surface area contributed by atoms with Gasteiger partial charge in [-0.25, -0.2) is 0 Å². The number of rotatable bonds is 5. The quantitative estimate of drug-likeness (QED) is 0.860. The Morgan fingerprint density at radius 3 is 2.61 bits per heavy atom. The van der Waals surface area contributed by atoms with Crippen LogP contribution in [0.2, 0.25) is 0 Å². The number of nitrogens with two attached hydrogens (primary N) is 1. The molecule has 1 heterocycles. The van der Waals surface area contributed by atoms with Crippen molar-refractivity contribution in [3.8, 4) is 0 Å². The first-order chi connectivity index (χ1) is 8.72. The SMILES string of the molecule is CN(C)C1CCN(C(CCN)c2ccccc2)C1. The van der Waals surface area contributed by atoms with Gasteiger partial charge >= 0.3 is 0 Å². The molecular formula is C15H25N3. The highest BCUT2D eigenvalue weighted by Crippen LogP contribution is 2.28. The minimum atomic E-state index is 0.487. The van der Waals surface area contributed by atoms with Crippen molar-refractivity contribution in [1.29, 1.82) is 0 Å². The lowest BCUT2D eigenvalue weighted by molar-refractivity contribution is 0.209. The molecule has 1 aromatic rings. The van der Waals surface area contributed by atoms with E-state index < -0.39 is 0 Å². The molecule has 1 saturated heterocycles. The van der Waals surface area contributed by atoms with Gasteiger partial charge in [-0.1, -0.05) is 30.3 Å². The standard InChI is InChI=1S/C15H25N3/c1-17(2)14-9-11-18(12-14)15(8-10-16)13-6-4-3-5-7-13/h3-7,14-15H,8-12,16H2,1-2H3. The Labute approximate surface area is 111 Å². The van der Waals surface area contributed by atoms with Crippen molar-refractivity contribution >= 4 is 0 Å². The molecule has 2 unspecified atom stereocenters. The lowest BCUT2D eigenvalue weighted by Crippen LogP contribution is -2.34. The molecule has 18 heavy (non-hydrogen) atoms. The topological polar surface area (TPSA) is 32.5 Å². The first-order valence-electron chi connectivity index (χ1n) is 6.88. The van der Waals surface area contributed by atoms with Gasteiger partial charge in [0, 0.05) is 25.2 Å². The number of hydrogen-bond acceptors (Lipinski definition) is 3. The Morgan fingerprint density at radius 1 is 1.33 bits per heavy atom. The molecule has 0 saturated carbocycles. The summed E-state index contributed by atoms with van der Waals surface area (Å²) in [6.45, 7) is 3.09. The number of likely N-dealkylation sites (tertiary alicyclic amines) is 1. The van der Waals surface area contributed by atoms with Crippen LogP contribution >= 0.6 is 0 Å². The third-order valence-corrected chi connectivity index (χ3v) is 3.99. The highest BCUT2D eigenvalue weighted by molar-refractivity contribution is 5.19. The van der Waals surface area contributed by atoms with Crippen LogP contribution in [0.3, 0.4) is 0 Å². The molecule has 2 atom stereocenters. The summed E-state index contributed by atoms with van der Waals surface area (Å²) in [4.78, 5) is 4.93. The van der Waals surface area contributed by atoms with Crippen molar-refractivity contribution in [1.82, 2.24) is 9.80 Å². The smallest absolute Gasteiger partial charge is 0.0360 e. The summed E-state index contributed by atoms with van der Waals surface area (Å²) < 4.78 is 0. The molecule has 2 N–H and O–H groups in total. The van der Waals surface area contributed by atoms with E-state index in [-0.39, 0.29) is 0 Å². The first kappa shape index (κ1) is 13.5. The van der Waals surface area contributed by atoms with Crippen molar-refractivity contribution in [3.05, 3.63) is 35.9 Å². The van der Waals surface area contributed by atoms with Crippen molar-refractivity contribution < 1.29 is 0 Å².